The summed E-state index contributed by atoms with van der Waals surface area (Å²) in [6.07, 6.45) is 0. The Morgan fingerprint density at radius 1 is 1.40 bits per heavy atom. The average molecular weight is 226 g/mol. The second-order valence-corrected chi connectivity index (χ2v) is 5.80. The van der Waals surface area contributed by atoms with Gasteiger partial charge in [0.15, 0.2) is 5.94 Å². The molecule has 1 aliphatic heterocycles. The van der Waals surface area contributed by atoms with Crippen LogP contribution in [0.5, 0.6) is 11.5 Å². The Balaban J connectivity index is 2.27. The molecule has 0 saturated carbocycles. The van der Waals surface area contributed by atoms with Crippen LogP contribution in [-0.2, 0) is 10.8 Å². The lowest BCUT2D eigenvalue weighted by Crippen LogP contribution is -2.22. The highest BCUT2D eigenvalue weighted by molar-refractivity contribution is 7.85. The fourth-order valence-electron chi connectivity index (χ4n) is 1.39. The maximum Gasteiger partial charge on any atom is 0.167 e. The fraction of sp³-hybridized carbons (Fsp3) is 0.455. The van der Waals surface area contributed by atoms with Crippen molar-refractivity contribution in [3.05, 3.63) is 18.2 Å². The average Bonchev–Trinajstić information content (AvgIpc) is 2.45. The number of ether oxygens (including phenoxy) is 2. The van der Waals surface area contributed by atoms with Gasteiger partial charge in [-0.2, -0.15) is 0 Å². The third-order valence-electron chi connectivity index (χ3n) is 1.91. The van der Waals surface area contributed by atoms with Gasteiger partial charge in [0.25, 0.3) is 0 Å². The van der Waals surface area contributed by atoms with Gasteiger partial charge in [-0.25, -0.2) is 0 Å². The normalized spacial score (nSPS) is 19.5. The Hall–Kier alpha value is -1.03. The van der Waals surface area contributed by atoms with E-state index in [2.05, 4.69) is 0 Å². The van der Waals surface area contributed by atoms with E-state index in [-0.39, 0.29) is 11.5 Å². The van der Waals surface area contributed by atoms with Crippen LogP contribution in [0.3, 0.4) is 0 Å². The van der Waals surface area contributed by atoms with Gasteiger partial charge in [0.1, 0.15) is 17.1 Å². The second kappa shape index (κ2) is 3.52. The van der Waals surface area contributed by atoms with E-state index in [0.29, 0.717) is 5.75 Å². The first-order chi connectivity index (χ1) is 6.96. The lowest BCUT2D eigenvalue weighted by Gasteiger charge is -2.21. The molecule has 1 aliphatic rings. The van der Waals surface area contributed by atoms with Gasteiger partial charge in [0.2, 0.25) is 0 Å². The molecule has 0 amide bonds. The van der Waals surface area contributed by atoms with E-state index in [4.69, 9.17) is 9.47 Å². The molecule has 3 nitrogen and oxygen atoms in total. The zero-order valence-electron chi connectivity index (χ0n) is 9.07. The summed E-state index contributed by atoms with van der Waals surface area (Å²) in [5.41, 5.74) is -0.230. The zero-order chi connectivity index (χ0) is 11.1. The standard InChI is InChI=1S/C11H14O3S/c1-11(2,3)14-8-4-5-10-9(6-8)13-7-15(10)12/h4-6H,7H2,1-3H3. The Morgan fingerprint density at radius 3 is 2.80 bits per heavy atom. The van der Waals surface area contributed by atoms with Crippen LogP contribution in [0.25, 0.3) is 0 Å². The van der Waals surface area contributed by atoms with Gasteiger partial charge in [0.05, 0.1) is 15.7 Å². The molecular formula is C11H14O3S. The zero-order valence-corrected chi connectivity index (χ0v) is 9.89. The maximum absolute atomic E-state index is 11.4. The highest BCUT2D eigenvalue weighted by atomic mass is 32.2. The molecule has 0 saturated heterocycles. The van der Waals surface area contributed by atoms with Crippen LogP contribution in [0.4, 0.5) is 0 Å². The molecular weight excluding hydrogens is 212 g/mol. The summed E-state index contributed by atoms with van der Waals surface area (Å²) >= 11 is 0. The van der Waals surface area contributed by atoms with E-state index in [9.17, 15) is 4.21 Å². The first-order valence-corrected chi connectivity index (χ1v) is 6.12. The van der Waals surface area contributed by atoms with Crippen molar-refractivity contribution < 1.29 is 13.7 Å². The molecule has 2 rings (SSSR count). The van der Waals surface area contributed by atoms with Gasteiger partial charge in [-0.15, -0.1) is 0 Å². The Kier molecular flexibility index (Phi) is 2.46. The molecule has 1 aromatic rings. The van der Waals surface area contributed by atoms with E-state index in [1.807, 2.05) is 26.8 Å². The Morgan fingerprint density at radius 2 is 2.13 bits per heavy atom. The molecule has 0 aliphatic carbocycles. The number of hydrogen-bond donors (Lipinski definition) is 0. The van der Waals surface area contributed by atoms with E-state index in [1.54, 1.807) is 12.1 Å². The van der Waals surface area contributed by atoms with Crippen molar-refractivity contribution in [3.63, 3.8) is 0 Å². The predicted molar refractivity (Wildman–Crippen MR) is 58.7 cm³/mol. The summed E-state index contributed by atoms with van der Waals surface area (Å²) in [6.45, 7) is 5.96. The SMILES string of the molecule is CC(C)(C)Oc1ccc2c(c1)OCS2=O. The summed E-state index contributed by atoms with van der Waals surface area (Å²) in [5, 5.41) is 0. The van der Waals surface area contributed by atoms with Gasteiger partial charge in [-0.1, -0.05) is 0 Å². The summed E-state index contributed by atoms with van der Waals surface area (Å²) in [7, 11) is -1.01. The van der Waals surface area contributed by atoms with Crippen molar-refractivity contribution >= 4 is 10.8 Å². The van der Waals surface area contributed by atoms with Crippen LogP contribution in [-0.4, -0.2) is 15.7 Å². The van der Waals surface area contributed by atoms with Crippen molar-refractivity contribution in [2.24, 2.45) is 0 Å². The van der Waals surface area contributed by atoms with Crippen LogP contribution in [0.15, 0.2) is 23.1 Å². The summed E-state index contributed by atoms with van der Waals surface area (Å²) in [4.78, 5) is 0.760. The summed E-state index contributed by atoms with van der Waals surface area (Å²) in [5.74, 6) is 1.68. The number of hydrogen-bond acceptors (Lipinski definition) is 3. The summed E-state index contributed by atoms with van der Waals surface area (Å²) < 4.78 is 22.4. The minimum Gasteiger partial charge on any atom is -0.488 e. The highest BCUT2D eigenvalue weighted by Crippen LogP contribution is 2.33. The molecule has 1 atom stereocenters. The van der Waals surface area contributed by atoms with Crippen molar-refractivity contribution in [3.8, 4) is 11.5 Å². The molecule has 82 valence electrons. The molecule has 0 N–H and O–H groups in total. The molecule has 0 spiro atoms. The summed E-state index contributed by atoms with van der Waals surface area (Å²) in [6, 6.07) is 5.43. The van der Waals surface area contributed by atoms with E-state index in [0.717, 1.165) is 10.6 Å². The third-order valence-corrected chi connectivity index (χ3v) is 3.07. The molecule has 0 fully saturated rings. The molecule has 0 aromatic heterocycles. The van der Waals surface area contributed by atoms with E-state index in [1.165, 1.54) is 0 Å². The van der Waals surface area contributed by atoms with Crippen LogP contribution in [0, 0.1) is 0 Å². The lowest BCUT2D eigenvalue weighted by molar-refractivity contribution is 0.130. The van der Waals surface area contributed by atoms with Gasteiger partial charge >= 0.3 is 0 Å². The first-order valence-electron chi connectivity index (χ1n) is 4.80. The van der Waals surface area contributed by atoms with Crippen molar-refractivity contribution in [1.29, 1.82) is 0 Å². The maximum atomic E-state index is 11.4. The van der Waals surface area contributed by atoms with Crippen LogP contribution < -0.4 is 9.47 Å². The number of benzene rings is 1. The molecule has 4 heteroatoms. The van der Waals surface area contributed by atoms with Crippen molar-refractivity contribution in [1.82, 2.24) is 0 Å². The topological polar surface area (TPSA) is 35.5 Å². The first kappa shape index (κ1) is 10.5. The Labute approximate surface area is 91.9 Å². The van der Waals surface area contributed by atoms with Crippen molar-refractivity contribution in [2.75, 3.05) is 5.94 Å². The van der Waals surface area contributed by atoms with Gasteiger partial charge < -0.3 is 9.47 Å². The molecule has 1 aromatic carbocycles. The smallest absolute Gasteiger partial charge is 0.167 e. The minimum absolute atomic E-state index is 0.230. The van der Waals surface area contributed by atoms with Crippen LogP contribution in [0.1, 0.15) is 20.8 Å². The van der Waals surface area contributed by atoms with Crippen LogP contribution >= 0.6 is 0 Å². The highest BCUT2D eigenvalue weighted by Gasteiger charge is 2.21. The van der Waals surface area contributed by atoms with Crippen molar-refractivity contribution in [2.45, 2.75) is 31.3 Å². The lowest BCUT2D eigenvalue weighted by atomic mass is 10.2. The monoisotopic (exact) mass is 226 g/mol. The van der Waals surface area contributed by atoms with Crippen LogP contribution in [0.2, 0.25) is 0 Å². The van der Waals surface area contributed by atoms with E-state index >= 15 is 0 Å². The Bertz CT molecular complexity index is 407. The third kappa shape index (κ3) is 2.31. The quantitative estimate of drug-likeness (QED) is 0.737. The number of fused-ring (bicyclic) bond motifs is 1. The molecule has 15 heavy (non-hydrogen) atoms. The van der Waals surface area contributed by atoms with Gasteiger partial charge in [0, 0.05) is 6.07 Å². The fourth-order valence-corrected chi connectivity index (χ4v) is 2.31. The van der Waals surface area contributed by atoms with Gasteiger partial charge in [-0.3, -0.25) is 4.21 Å². The predicted octanol–water partition coefficient (Wildman–Crippen LogP) is 2.32. The minimum atomic E-state index is -1.01. The largest absolute Gasteiger partial charge is 0.488 e. The number of rotatable bonds is 1. The van der Waals surface area contributed by atoms with E-state index < -0.39 is 10.8 Å². The second-order valence-electron chi connectivity index (χ2n) is 4.43. The molecule has 0 radical (unpaired) electrons. The molecule has 1 heterocycles. The van der Waals surface area contributed by atoms with Gasteiger partial charge in [-0.05, 0) is 32.9 Å². The molecule has 0 bridgehead atoms. The molecule has 1 unspecified atom stereocenters.